The smallest absolute Gasteiger partial charge is 0.387 e. The first-order valence-electron chi connectivity index (χ1n) is 6.04. The Morgan fingerprint density at radius 1 is 1.43 bits per heavy atom. The van der Waals surface area contributed by atoms with Crippen LogP contribution in [0.2, 0.25) is 0 Å². The number of nitrogens with two attached hydrogens (primary N) is 1. The van der Waals surface area contributed by atoms with Crippen LogP contribution in [-0.4, -0.2) is 74.5 Å². The molecule has 0 aromatic carbocycles. The summed E-state index contributed by atoms with van der Waals surface area (Å²) in [7, 11) is -4.73. The Morgan fingerprint density at radius 3 is 2.67 bits per heavy atom. The van der Waals surface area contributed by atoms with Crippen LogP contribution >= 0.6 is 7.82 Å². The number of amidine groups is 1. The number of carbonyl (C=O) groups is 1. The molecule has 120 valence electrons. The van der Waals surface area contributed by atoms with Gasteiger partial charge in [0.05, 0.1) is 6.61 Å². The number of aliphatic hydroxyl groups is 2. The summed E-state index contributed by atoms with van der Waals surface area (Å²) in [6.07, 6.45) is -4.99. The number of phosphoric acid groups is 1. The zero-order chi connectivity index (χ0) is 15.8. The van der Waals surface area contributed by atoms with Gasteiger partial charge in [-0.2, -0.15) is 4.99 Å². The Hall–Kier alpha value is -1.07. The standard InChI is InChI=1S/C9H16N3O8P/c10-5-1-2-12(9(15)11-5)8-7(14)6(13)4(20-8)3-19-21(16,17)18/h4,6-8,13-14H,1-3H2,(H2,10,11,15)(H2,16,17,18)/i10+1,11+1,12+1. The Balaban J connectivity index is 2.03. The van der Waals surface area contributed by atoms with Crippen LogP contribution in [0.1, 0.15) is 6.42 Å². The first-order valence-corrected chi connectivity index (χ1v) is 7.57. The van der Waals surface area contributed by atoms with Gasteiger partial charge >= 0.3 is 13.9 Å². The van der Waals surface area contributed by atoms with E-state index in [1.54, 1.807) is 0 Å². The normalized spacial score (nSPS) is 34.2. The number of phosphoric ester groups is 1. The molecule has 1 saturated heterocycles. The highest BCUT2D eigenvalue weighted by Gasteiger charge is 2.47. The highest BCUT2D eigenvalue weighted by Crippen LogP contribution is 2.37. The molecule has 0 aromatic heterocycles. The van der Waals surface area contributed by atoms with Crippen LogP contribution in [0.5, 0.6) is 0 Å². The monoisotopic (exact) mass is 328 g/mol. The van der Waals surface area contributed by atoms with E-state index in [-0.39, 0.29) is 18.8 Å². The van der Waals surface area contributed by atoms with Gasteiger partial charge in [0, 0.05) is 13.0 Å². The van der Waals surface area contributed by atoms with Gasteiger partial charge in [-0.15, -0.1) is 0 Å². The summed E-state index contributed by atoms with van der Waals surface area (Å²) in [5, 5.41) is 19.7. The summed E-state index contributed by atoms with van der Waals surface area (Å²) in [6.45, 7) is -0.485. The molecule has 0 saturated carbocycles. The number of ether oxygens (including phenoxy) is 1. The van der Waals surface area contributed by atoms with E-state index in [9.17, 15) is 19.6 Å². The minimum absolute atomic E-state index is 0.148. The molecule has 2 aliphatic heterocycles. The zero-order valence-corrected chi connectivity index (χ0v) is 11.7. The number of urea groups is 1. The van der Waals surface area contributed by atoms with Crippen molar-refractivity contribution in [2.75, 3.05) is 13.2 Å². The van der Waals surface area contributed by atoms with E-state index in [1.807, 2.05) is 0 Å². The van der Waals surface area contributed by atoms with Crippen LogP contribution < -0.4 is 5.73 Å². The molecule has 4 atom stereocenters. The topological polar surface area (TPSA) is 175 Å². The third-order valence-corrected chi connectivity index (χ3v) is 3.63. The first kappa shape index (κ1) is 16.3. The fourth-order valence-corrected chi connectivity index (χ4v) is 2.45. The van der Waals surface area contributed by atoms with E-state index >= 15 is 0 Å². The van der Waals surface area contributed by atoms with Crippen LogP contribution in [0.4, 0.5) is 4.79 Å². The second kappa shape index (κ2) is 5.97. The molecule has 11 nitrogen and oxygen atoms in total. The van der Waals surface area contributed by atoms with Gasteiger partial charge in [-0.1, -0.05) is 0 Å². The molecule has 4 unspecified atom stereocenters. The van der Waals surface area contributed by atoms with Crippen molar-refractivity contribution >= 4 is 19.7 Å². The lowest BCUT2D eigenvalue weighted by Crippen LogP contribution is -2.49. The lowest BCUT2D eigenvalue weighted by Gasteiger charge is -2.31. The molecule has 2 heterocycles. The van der Waals surface area contributed by atoms with Crippen molar-refractivity contribution in [2.24, 2.45) is 10.7 Å². The highest BCUT2D eigenvalue weighted by molar-refractivity contribution is 7.46. The summed E-state index contributed by atoms with van der Waals surface area (Å²) < 4.78 is 20.1. The van der Waals surface area contributed by atoms with Crippen molar-refractivity contribution in [1.82, 2.24) is 4.90 Å². The van der Waals surface area contributed by atoms with Gasteiger partial charge in [0.25, 0.3) is 0 Å². The number of aliphatic hydroxyl groups excluding tert-OH is 2. The SMILES string of the molecule is [15NH2]C1=[15N]C(=O)[15N](C2OC(COP(=O)(O)O)C(O)C2O)CC1. The number of hydrogen-bond acceptors (Lipinski definition) is 7. The average molecular weight is 328 g/mol. The Labute approximate surface area is 119 Å². The van der Waals surface area contributed by atoms with Crippen LogP contribution in [0, 0.1) is 0 Å². The van der Waals surface area contributed by atoms with E-state index in [2.05, 4.69) is 9.52 Å². The van der Waals surface area contributed by atoms with Crippen molar-refractivity contribution in [3.63, 3.8) is 0 Å². The summed E-state index contributed by atoms with van der Waals surface area (Å²) in [4.78, 5) is 33.5. The van der Waals surface area contributed by atoms with Gasteiger partial charge in [-0.25, -0.2) is 9.36 Å². The lowest BCUT2D eigenvalue weighted by molar-refractivity contribution is -0.0774. The van der Waals surface area contributed by atoms with Crippen molar-refractivity contribution in [3.05, 3.63) is 0 Å². The summed E-state index contributed by atoms with van der Waals surface area (Å²) in [5.41, 5.74) is 5.41. The largest absolute Gasteiger partial charge is 0.469 e. The van der Waals surface area contributed by atoms with Crippen LogP contribution in [0.3, 0.4) is 0 Å². The number of rotatable bonds is 4. The third kappa shape index (κ3) is 3.77. The van der Waals surface area contributed by atoms with Gasteiger partial charge in [0.2, 0.25) is 0 Å². The minimum Gasteiger partial charge on any atom is -0.387 e. The quantitative estimate of drug-likeness (QED) is 0.281. The fraction of sp³-hybridized carbons (Fsp3) is 0.778. The second-order valence-corrected chi connectivity index (χ2v) is 5.90. The molecule has 21 heavy (non-hydrogen) atoms. The summed E-state index contributed by atoms with van der Waals surface area (Å²) in [6, 6.07) is -0.716. The van der Waals surface area contributed by atoms with E-state index in [4.69, 9.17) is 20.3 Å². The number of carbonyl (C=O) groups excluding carboxylic acids is 1. The minimum atomic E-state index is -4.73. The molecule has 2 aliphatic rings. The molecule has 2 rings (SSSR count). The average Bonchev–Trinajstić information content (AvgIpc) is 2.64. The van der Waals surface area contributed by atoms with Crippen LogP contribution in [0.15, 0.2) is 4.99 Å². The zero-order valence-electron chi connectivity index (χ0n) is 10.8. The molecule has 12 heteroatoms. The molecular weight excluding hydrogens is 312 g/mol. The molecule has 1 fully saturated rings. The molecule has 6 N–H and O–H groups in total. The lowest BCUT2D eigenvalue weighted by atomic mass is 10.1. The van der Waals surface area contributed by atoms with Gasteiger partial charge in [-0.3, -0.25) is 9.42 Å². The van der Waals surface area contributed by atoms with Crippen molar-refractivity contribution in [1.29, 1.82) is 0 Å². The first-order chi connectivity index (χ1) is 9.69. The molecule has 0 aliphatic carbocycles. The Bertz CT molecular complexity index is 493. The van der Waals surface area contributed by atoms with Gasteiger partial charge in [-0.05, 0) is 0 Å². The molecule has 0 spiro atoms. The predicted octanol–water partition coefficient (Wildman–Crippen LogP) is -2.27. The Morgan fingerprint density at radius 2 is 2.10 bits per heavy atom. The van der Waals surface area contributed by atoms with Crippen molar-refractivity contribution < 1.29 is 38.6 Å². The maximum absolute atomic E-state index is 11.7. The van der Waals surface area contributed by atoms with Crippen LogP contribution in [0.25, 0.3) is 0 Å². The van der Waals surface area contributed by atoms with Crippen LogP contribution in [-0.2, 0) is 13.8 Å². The second-order valence-electron chi connectivity index (χ2n) is 4.66. The van der Waals surface area contributed by atoms with E-state index in [0.29, 0.717) is 0 Å². The maximum Gasteiger partial charge on any atom is 0.469 e. The van der Waals surface area contributed by atoms with Gasteiger partial charge in [0.15, 0.2) is 6.23 Å². The van der Waals surface area contributed by atoms with E-state index in [1.165, 1.54) is 0 Å². The number of nitrogens with zero attached hydrogens (tertiary/aromatic N) is 2. The fourth-order valence-electron chi connectivity index (χ4n) is 2.10. The third-order valence-electron chi connectivity index (χ3n) is 3.15. The predicted molar refractivity (Wildman–Crippen MR) is 67.0 cm³/mol. The van der Waals surface area contributed by atoms with E-state index in [0.717, 1.165) is 4.90 Å². The van der Waals surface area contributed by atoms with E-state index < -0.39 is 45.0 Å². The maximum atomic E-state index is 11.7. The Kier molecular flexibility index (Phi) is 4.63. The highest BCUT2D eigenvalue weighted by atomic mass is 31.2. The van der Waals surface area contributed by atoms with Gasteiger partial charge in [0.1, 0.15) is 24.1 Å². The molecule has 0 radical (unpaired) electrons. The van der Waals surface area contributed by atoms with Gasteiger partial charge < -0.3 is 30.5 Å². The summed E-state index contributed by atoms with van der Waals surface area (Å²) in [5.74, 6) is 0.158. The number of amides is 2. The van der Waals surface area contributed by atoms with Crippen molar-refractivity contribution in [3.8, 4) is 0 Å². The number of hydrogen-bond donors (Lipinski definition) is 5. The molecular formula is C9H16N3O8P. The van der Waals surface area contributed by atoms with Crippen molar-refractivity contribution in [2.45, 2.75) is 31.0 Å². The molecule has 2 amide bonds. The molecule has 0 bridgehead atoms. The summed E-state index contributed by atoms with van der Waals surface area (Å²) >= 11 is 0. The molecule has 0 aromatic rings. The number of aliphatic imine (C=N–C) groups is 1.